The SMILES string of the molecule is CC(C)(O)COCC1CNCCO1. The molecule has 1 unspecified atom stereocenters. The first-order chi connectivity index (χ1) is 6.08. The first kappa shape index (κ1) is 10.9. The summed E-state index contributed by atoms with van der Waals surface area (Å²) in [5.41, 5.74) is -0.748. The van der Waals surface area contributed by atoms with Crippen molar-refractivity contribution in [3.05, 3.63) is 0 Å². The molecule has 1 aliphatic heterocycles. The Bertz CT molecular complexity index is 138. The maximum atomic E-state index is 9.37. The molecule has 4 heteroatoms. The molecule has 1 saturated heterocycles. The van der Waals surface area contributed by atoms with Gasteiger partial charge in [-0.15, -0.1) is 0 Å². The van der Waals surface area contributed by atoms with Gasteiger partial charge in [0.15, 0.2) is 0 Å². The minimum atomic E-state index is -0.748. The molecule has 1 rings (SSSR count). The van der Waals surface area contributed by atoms with Crippen LogP contribution in [-0.4, -0.2) is 49.7 Å². The van der Waals surface area contributed by atoms with E-state index in [-0.39, 0.29) is 6.10 Å². The van der Waals surface area contributed by atoms with Crippen molar-refractivity contribution in [2.75, 3.05) is 32.9 Å². The van der Waals surface area contributed by atoms with Crippen molar-refractivity contribution < 1.29 is 14.6 Å². The highest BCUT2D eigenvalue weighted by Gasteiger charge is 2.16. The van der Waals surface area contributed by atoms with E-state index in [1.54, 1.807) is 13.8 Å². The second kappa shape index (κ2) is 4.91. The Morgan fingerprint density at radius 2 is 2.38 bits per heavy atom. The third kappa shape index (κ3) is 5.21. The summed E-state index contributed by atoms with van der Waals surface area (Å²) in [4.78, 5) is 0. The smallest absolute Gasteiger partial charge is 0.0933 e. The fourth-order valence-electron chi connectivity index (χ4n) is 1.17. The molecule has 1 aliphatic rings. The van der Waals surface area contributed by atoms with Gasteiger partial charge in [0.05, 0.1) is 31.5 Å². The third-order valence-corrected chi connectivity index (χ3v) is 1.76. The Morgan fingerprint density at radius 3 is 2.92 bits per heavy atom. The van der Waals surface area contributed by atoms with E-state index in [1.165, 1.54) is 0 Å². The highest BCUT2D eigenvalue weighted by atomic mass is 16.5. The molecular formula is C9H19NO3. The minimum Gasteiger partial charge on any atom is -0.388 e. The second-order valence-electron chi connectivity index (χ2n) is 4.02. The van der Waals surface area contributed by atoms with Crippen molar-refractivity contribution >= 4 is 0 Å². The van der Waals surface area contributed by atoms with Crippen LogP contribution in [0.15, 0.2) is 0 Å². The van der Waals surface area contributed by atoms with Crippen molar-refractivity contribution in [3.8, 4) is 0 Å². The Hall–Kier alpha value is -0.160. The van der Waals surface area contributed by atoms with Gasteiger partial charge in [-0.05, 0) is 13.8 Å². The summed E-state index contributed by atoms with van der Waals surface area (Å²) in [6.07, 6.45) is 0.135. The summed E-state index contributed by atoms with van der Waals surface area (Å²) < 4.78 is 10.7. The van der Waals surface area contributed by atoms with Crippen LogP contribution in [0.2, 0.25) is 0 Å². The molecule has 0 radical (unpaired) electrons. The lowest BCUT2D eigenvalue weighted by Gasteiger charge is -2.25. The molecule has 4 nitrogen and oxygen atoms in total. The Morgan fingerprint density at radius 1 is 1.62 bits per heavy atom. The summed E-state index contributed by atoms with van der Waals surface area (Å²) in [6, 6.07) is 0. The van der Waals surface area contributed by atoms with E-state index in [1.807, 2.05) is 0 Å². The van der Waals surface area contributed by atoms with Crippen LogP contribution in [0, 0.1) is 0 Å². The Labute approximate surface area is 79.2 Å². The lowest BCUT2D eigenvalue weighted by molar-refractivity contribution is -0.0707. The van der Waals surface area contributed by atoms with Crippen LogP contribution in [0.3, 0.4) is 0 Å². The van der Waals surface area contributed by atoms with E-state index in [2.05, 4.69) is 5.32 Å². The van der Waals surface area contributed by atoms with E-state index >= 15 is 0 Å². The zero-order chi connectivity index (χ0) is 9.73. The zero-order valence-electron chi connectivity index (χ0n) is 8.38. The lowest BCUT2D eigenvalue weighted by atomic mass is 10.2. The van der Waals surface area contributed by atoms with Crippen LogP contribution in [-0.2, 0) is 9.47 Å². The average Bonchev–Trinajstić information content (AvgIpc) is 2.04. The van der Waals surface area contributed by atoms with Crippen LogP contribution < -0.4 is 5.32 Å². The normalized spacial score (nSPS) is 24.7. The second-order valence-corrected chi connectivity index (χ2v) is 4.02. The molecule has 0 amide bonds. The maximum absolute atomic E-state index is 9.37. The first-order valence-corrected chi connectivity index (χ1v) is 4.70. The van der Waals surface area contributed by atoms with Gasteiger partial charge >= 0.3 is 0 Å². The van der Waals surface area contributed by atoms with Crippen molar-refractivity contribution in [2.45, 2.75) is 25.6 Å². The summed E-state index contributed by atoms with van der Waals surface area (Å²) in [6.45, 7) is 6.87. The molecule has 0 aromatic rings. The van der Waals surface area contributed by atoms with E-state index in [4.69, 9.17) is 9.47 Å². The summed E-state index contributed by atoms with van der Waals surface area (Å²) >= 11 is 0. The summed E-state index contributed by atoms with van der Waals surface area (Å²) in [5.74, 6) is 0. The molecule has 1 atom stereocenters. The maximum Gasteiger partial charge on any atom is 0.0933 e. The van der Waals surface area contributed by atoms with E-state index in [0.717, 1.165) is 19.7 Å². The number of hydrogen-bond acceptors (Lipinski definition) is 4. The van der Waals surface area contributed by atoms with Crippen LogP contribution >= 0.6 is 0 Å². The number of nitrogens with one attached hydrogen (secondary N) is 1. The van der Waals surface area contributed by atoms with E-state index in [0.29, 0.717) is 13.2 Å². The van der Waals surface area contributed by atoms with Crippen molar-refractivity contribution in [3.63, 3.8) is 0 Å². The van der Waals surface area contributed by atoms with Gasteiger partial charge in [0.2, 0.25) is 0 Å². The van der Waals surface area contributed by atoms with Gasteiger partial charge < -0.3 is 19.9 Å². The molecule has 2 N–H and O–H groups in total. The monoisotopic (exact) mass is 189 g/mol. The Kier molecular flexibility index (Phi) is 4.12. The van der Waals surface area contributed by atoms with Crippen LogP contribution in [0.4, 0.5) is 0 Å². The molecule has 0 spiro atoms. The summed E-state index contributed by atoms with van der Waals surface area (Å²) in [7, 11) is 0. The van der Waals surface area contributed by atoms with Crippen LogP contribution in [0.5, 0.6) is 0 Å². The highest BCUT2D eigenvalue weighted by molar-refractivity contribution is 4.68. The number of ether oxygens (including phenoxy) is 2. The molecule has 0 aromatic carbocycles. The largest absolute Gasteiger partial charge is 0.388 e. The number of morpholine rings is 1. The zero-order valence-corrected chi connectivity index (χ0v) is 8.38. The summed E-state index contributed by atoms with van der Waals surface area (Å²) in [5, 5.41) is 12.6. The molecule has 0 aliphatic carbocycles. The molecule has 13 heavy (non-hydrogen) atoms. The van der Waals surface area contributed by atoms with Gasteiger partial charge in [-0.25, -0.2) is 0 Å². The number of hydrogen-bond donors (Lipinski definition) is 2. The first-order valence-electron chi connectivity index (χ1n) is 4.70. The van der Waals surface area contributed by atoms with Crippen molar-refractivity contribution in [1.82, 2.24) is 5.32 Å². The van der Waals surface area contributed by atoms with Crippen molar-refractivity contribution in [2.24, 2.45) is 0 Å². The quantitative estimate of drug-likeness (QED) is 0.641. The minimum absolute atomic E-state index is 0.135. The standard InChI is InChI=1S/C9H19NO3/c1-9(2,11)7-12-6-8-5-10-3-4-13-8/h8,10-11H,3-7H2,1-2H3. The number of rotatable bonds is 4. The lowest BCUT2D eigenvalue weighted by Crippen LogP contribution is -2.41. The predicted molar refractivity (Wildman–Crippen MR) is 49.7 cm³/mol. The van der Waals surface area contributed by atoms with Crippen LogP contribution in [0.1, 0.15) is 13.8 Å². The van der Waals surface area contributed by atoms with Gasteiger partial charge in [-0.3, -0.25) is 0 Å². The van der Waals surface area contributed by atoms with Crippen LogP contribution in [0.25, 0.3) is 0 Å². The van der Waals surface area contributed by atoms with Gasteiger partial charge in [-0.2, -0.15) is 0 Å². The van der Waals surface area contributed by atoms with Crippen molar-refractivity contribution in [1.29, 1.82) is 0 Å². The van der Waals surface area contributed by atoms with E-state index < -0.39 is 5.60 Å². The molecular weight excluding hydrogens is 170 g/mol. The van der Waals surface area contributed by atoms with Gasteiger partial charge in [0.25, 0.3) is 0 Å². The topological polar surface area (TPSA) is 50.7 Å². The molecule has 78 valence electrons. The average molecular weight is 189 g/mol. The third-order valence-electron chi connectivity index (χ3n) is 1.76. The molecule has 1 fully saturated rings. The number of aliphatic hydroxyl groups is 1. The van der Waals surface area contributed by atoms with E-state index in [9.17, 15) is 5.11 Å². The highest BCUT2D eigenvalue weighted by Crippen LogP contribution is 2.03. The fraction of sp³-hybridized carbons (Fsp3) is 1.00. The Balaban J connectivity index is 2.04. The molecule has 0 aromatic heterocycles. The van der Waals surface area contributed by atoms with Gasteiger partial charge in [0.1, 0.15) is 0 Å². The van der Waals surface area contributed by atoms with Gasteiger partial charge in [0, 0.05) is 13.1 Å². The fourth-order valence-corrected chi connectivity index (χ4v) is 1.17. The molecule has 0 saturated carbocycles. The molecule has 1 heterocycles. The van der Waals surface area contributed by atoms with Gasteiger partial charge in [-0.1, -0.05) is 0 Å². The molecule has 0 bridgehead atoms. The predicted octanol–water partition coefficient (Wildman–Crippen LogP) is -0.238.